The number of rotatable bonds is 23. The first-order valence-electron chi connectivity index (χ1n) is 14.7. The first-order chi connectivity index (χ1) is 17.8. The van der Waals surface area contributed by atoms with Crippen LogP contribution < -0.4 is 0 Å². The molecule has 0 aromatic rings. The van der Waals surface area contributed by atoms with Crippen molar-refractivity contribution in [3.63, 3.8) is 0 Å². The van der Waals surface area contributed by atoms with Crippen LogP contribution in [0.2, 0.25) is 0 Å². The largest absolute Gasteiger partial charge is 0.481 e. The minimum Gasteiger partial charge on any atom is -0.481 e. The molecule has 0 amide bonds. The van der Waals surface area contributed by atoms with Gasteiger partial charge in [0.25, 0.3) is 0 Å². The van der Waals surface area contributed by atoms with Crippen molar-refractivity contribution in [1.82, 2.24) is 0 Å². The van der Waals surface area contributed by atoms with E-state index in [0.717, 1.165) is 37.5 Å². The van der Waals surface area contributed by atoms with Gasteiger partial charge in [0.05, 0.1) is 12.5 Å². The molecule has 0 aromatic carbocycles. The van der Waals surface area contributed by atoms with E-state index in [-0.39, 0.29) is 31.7 Å². The maximum absolute atomic E-state index is 11.2. The van der Waals surface area contributed by atoms with Gasteiger partial charge in [-0.15, -0.1) is 0 Å². The van der Waals surface area contributed by atoms with Crippen molar-refractivity contribution < 1.29 is 39.2 Å². The van der Waals surface area contributed by atoms with E-state index in [4.69, 9.17) is 20.1 Å². The molecule has 0 radical (unpaired) electrons. The Labute approximate surface area is 230 Å². The van der Waals surface area contributed by atoms with E-state index in [9.17, 15) is 19.2 Å². The maximum Gasteiger partial charge on any atom is 0.306 e. The van der Waals surface area contributed by atoms with E-state index in [0.29, 0.717) is 25.4 Å². The Balaban J connectivity index is 0. The molecule has 0 fully saturated rings. The van der Waals surface area contributed by atoms with E-state index in [1.807, 2.05) is 0 Å². The quantitative estimate of drug-likeness (QED) is 0.0884. The van der Waals surface area contributed by atoms with Gasteiger partial charge in [-0.25, -0.2) is 0 Å². The molecule has 0 aliphatic carbocycles. The number of carbonyl (C=O) groups excluding carboxylic acids is 1. The molecule has 8 nitrogen and oxygen atoms in total. The topological polar surface area (TPSA) is 138 Å². The number of carboxylic acids is 3. The lowest BCUT2D eigenvalue weighted by molar-refractivity contribution is -0.145. The highest BCUT2D eigenvalue weighted by molar-refractivity contribution is 5.72. The third kappa shape index (κ3) is 30.1. The molecule has 0 spiro atoms. The van der Waals surface area contributed by atoms with Crippen LogP contribution in [0.5, 0.6) is 0 Å². The summed E-state index contributed by atoms with van der Waals surface area (Å²) in [7, 11) is 0. The van der Waals surface area contributed by atoms with Crippen LogP contribution in [-0.4, -0.2) is 45.8 Å². The predicted molar refractivity (Wildman–Crippen MR) is 150 cm³/mol. The molecule has 0 bridgehead atoms. The summed E-state index contributed by atoms with van der Waals surface area (Å²) in [5.74, 6) is -1.42. The predicted octanol–water partition coefficient (Wildman–Crippen LogP) is 7.58. The Morgan fingerprint density at radius 1 is 0.553 bits per heavy atom. The van der Waals surface area contributed by atoms with Gasteiger partial charge in [-0.05, 0) is 49.9 Å². The average Bonchev–Trinajstić information content (AvgIpc) is 2.80. The molecule has 38 heavy (non-hydrogen) atoms. The van der Waals surface area contributed by atoms with Crippen LogP contribution in [0.4, 0.5) is 0 Å². The monoisotopic (exact) mass is 544 g/mol. The van der Waals surface area contributed by atoms with Crippen molar-refractivity contribution in [3.05, 3.63) is 0 Å². The van der Waals surface area contributed by atoms with Gasteiger partial charge in [0.1, 0.15) is 0 Å². The fraction of sp³-hybridized carbons (Fsp3) is 0.867. The standard InChI is InChI=1S/2C15H28O4/c1-11(2)5-4-6-12(3)7-8-13(15(18)19)9-10-14(16)17;1-13(2)9-6-4-3-5-7-12-19-15(18)11-8-10-14(16)17/h11-13H,4-10H2,1-3H3,(H,16,17)(H,18,19);13H,3-12H2,1-2H3,(H,16,17). The summed E-state index contributed by atoms with van der Waals surface area (Å²) in [5.41, 5.74) is 0. The number of carbonyl (C=O) groups is 4. The van der Waals surface area contributed by atoms with Crippen molar-refractivity contribution in [1.29, 1.82) is 0 Å². The molecule has 0 saturated carbocycles. The van der Waals surface area contributed by atoms with Gasteiger partial charge >= 0.3 is 23.9 Å². The minimum atomic E-state index is -0.920. The lowest BCUT2D eigenvalue weighted by atomic mass is 9.90. The van der Waals surface area contributed by atoms with Crippen LogP contribution in [0.1, 0.15) is 137 Å². The van der Waals surface area contributed by atoms with Gasteiger partial charge < -0.3 is 20.1 Å². The van der Waals surface area contributed by atoms with Gasteiger partial charge in [-0.1, -0.05) is 86.0 Å². The molecule has 0 saturated heterocycles. The third-order valence-electron chi connectivity index (χ3n) is 6.50. The number of hydrogen-bond acceptors (Lipinski definition) is 5. The van der Waals surface area contributed by atoms with Crippen molar-refractivity contribution in [2.45, 2.75) is 137 Å². The van der Waals surface area contributed by atoms with Crippen LogP contribution in [0.3, 0.4) is 0 Å². The highest BCUT2D eigenvalue weighted by Crippen LogP contribution is 2.22. The van der Waals surface area contributed by atoms with E-state index in [1.54, 1.807) is 0 Å². The second-order valence-corrected chi connectivity index (χ2v) is 11.4. The van der Waals surface area contributed by atoms with E-state index in [2.05, 4.69) is 34.6 Å². The van der Waals surface area contributed by atoms with Crippen molar-refractivity contribution in [3.8, 4) is 0 Å². The molecule has 2 atom stereocenters. The van der Waals surface area contributed by atoms with Crippen molar-refractivity contribution >= 4 is 23.9 Å². The number of carboxylic acid groups (broad SMARTS) is 3. The smallest absolute Gasteiger partial charge is 0.306 e. The van der Waals surface area contributed by atoms with Gasteiger partial charge in [-0.3, -0.25) is 19.2 Å². The Hall–Kier alpha value is -2.12. The van der Waals surface area contributed by atoms with E-state index in [1.165, 1.54) is 38.5 Å². The normalized spacial score (nSPS) is 12.5. The number of ether oxygens (including phenoxy) is 1. The summed E-state index contributed by atoms with van der Waals surface area (Å²) in [6.45, 7) is 11.5. The highest BCUT2D eigenvalue weighted by atomic mass is 16.5. The van der Waals surface area contributed by atoms with Gasteiger partial charge in [0.15, 0.2) is 0 Å². The molecule has 2 unspecified atom stereocenters. The van der Waals surface area contributed by atoms with Gasteiger partial charge in [0, 0.05) is 19.3 Å². The molecule has 0 aliphatic rings. The van der Waals surface area contributed by atoms with Crippen LogP contribution in [0.15, 0.2) is 0 Å². The molecular weight excluding hydrogens is 488 g/mol. The molecule has 3 N–H and O–H groups in total. The number of unbranched alkanes of at least 4 members (excludes halogenated alkanes) is 4. The fourth-order valence-electron chi connectivity index (χ4n) is 4.02. The number of hydrogen-bond donors (Lipinski definition) is 3. The van der Waals surface area contributed by atoms with E-state index < -0.39 is 23.8 Å². The molecule has 224 valence electrons. The van der Waals surface area contributed by atoms with Crippen LogP contribution >= 0.6 is 0 Å². The zero-order chi connectivity index (χ0) is 29.3. The lowest BCUT2D eigenvalue weighted by Crippen LogP contribution is -2.16. The fourth-order valence-corrected chi connectivity index (χ4v) is 4.02. The van der Waals surface area contributed by atoms with Crippen LogP contribution in [0, 0.1) is 23.7 Å². The first kappa shape index (κ1) is 38.0. The summed E-state index contributed by atoms with van der Waals surface area (Å²) < 4.78 is 5.04. The first-order valence-corrected chi connectivity index (χ1v) is 14.7. The van der Waals surface area contributed by atoms with Crippen molar-refractivity contribution in [2.75, 3.05) is 6.61 Å². The van der Waals surface area contributed by atoms with Gasteiger partial charge in [0.2, 0.25) is 0 Å². The Morgan fingerprint density at radius 2 is 1.11 bits per heavy atom. The average molecular weight is 545 g/mol. The zero-order valence-electron chi connectivity index (χ0n) is 24.7. The van der Waals surface area contributed by atoms with Gasteiger partial charge in [-0.2, -0.15) is 0 Å². The van der Waals surface area contributed by atoms with Crippen LogP contribution in [-0.2, 0) is 23.9 Å². The maximum atomic E-state index is 11.2. The molecule has 8 heteroatoms. The molecule has 0 aliphatic heterocycles. The SMILES string of the molecule is CC(C)CCCC(C)CCC(CCC(=O)O)C(=O)O.CC(C)CCCCCCCOC(=O)CCCC(=O)O. The minimum absolute atomic E-state index is 0.0327. The summed E-state index contributed by atoms with van der Waals surface area (Å²) in [6, 6.07) is 0. The molecular formula is C30H56O8. The molecule has 0 aromatic heterocycles. The summed E-state index contributed by atoms with van der Waals surface area (Å²) in [4.78, 5) is 43.0. The van der Waals surface area contributed by atoms with E-state index >= 15 is 0 Å². The Kier molecular flexibility index (Phi) is 25.2. The Bertz CT molecular complexity index is 630. The second-order valence-electron chi connectivity index (χ2n) is 11.4. The zero-order valence-corrected chi connectivity index (χ0v) is 24.7. The summed E-state index contributed by atoms with van der Waals surface area (Å²) in [5, 5.41) is 26.1. The summed E-state index contributed by atoms with van der Waals surface area (Å²) in [6.07, 6.45) is 12.8. The highest BCUT2D eigenvalue weighted by Gasteiger charge is 2.19. The molecule has 0 heterocycles. The third-order valence-corrected chi connectivity index (χ3v) is 6.50. The van der Waals surface area contributed by atoms with Crippen LogP contribution in [0.25, 0.3) is 0 Å². The number of aliphatic carboxylic acids is 3. The molecule has 0 rings (SSSR count). The number of esters is 1. The Morgan fingerprint density at radius 3 is 1.66 bits per heavy atom. The second kappa shape index (κ2) is 25.2. The summed E-state index contributed by atoms with van der Waals surface area (Å²) >= 11 is 0. The lowest BCUT2D eigenvalue weighted by Gasteiger charge is -2.15. The van der Waals surface area contributed by atoms with Crippen molar-refractivity contribution in [2.24, 2.45) is 23.7 Å².